The third-order valence-electron chi connectivity index (χ3n) is 5.46. The number of hydrogen-bond donors (Lipinski definition) is 8. The van der Waals surface area contributed by atoms with Crippen LogP contribution in [-0.2, 0) is 28.8 Å². The smallest absolute Gasteiger partial charge is 0.326 e. The van der Waals surface area contributed by atoms with Crippen LogP contribution in [-0.4, -0.2) is 88.7 Å². The van der Waals surface area contributed by atoms with Gasteiger partial charge in [0.15, 0.2) is 5.96 Å². The topological polar surface area (TPSA) is 292 Å². The van der Waals surface area contributed by atoms with Gasteiger partial charge in [0.1, 0.15) is 18.1 Å². The van der Waals surface area contributed by atoms with Gasteiger partial charge in [-0.2, -0.15) is 0 Å². The molecule has 13 N–H and O–H groups in total. The Labute approximate surface area is 207 Å². The fourth-order valence-electron chi connectivity index (χ4n) is 3.65. The van der Waals surface area contributed by atoms with E-state index in [1.807, 2.05) is 0 Å². The number of aliphatic imine (C=N–C) groups is 1. The van der Waals surface area contributed by atoms with Crippen LogP contribution in [0.1, 0.15) is 44.9 Å². The van der Waals surface area contributed by atoms with Crippen LogP contribution in [0.3, 0.4) is 0 Å². The number of likely N-dealkylation sites (tertiary alicyclic amines) is 1. The number of rotatable bonds is 15. The summed E-state index contributed by atoms with van der Waals surface area (Å²) in [6.45, 7) is 0.549. The first-order valence-electron chi connectivity index (χ1n) is 11.3. The van der Waals surface area contributed by atoms with Crippen molar-refractivity contribution in [1.29, 1.82) is 0 Å². The van der Waals surface area contributed by atoms with E-state index in [1.54, 1.807) is 0 Å². The Kier molecular flexibility index (Phi) is 12.1. The van der Waals surface area contributed by atoms with Crippen molar-refractivity contribution < 1.29 is 33.9 Å². The van der Waals surface area contributed by atoms with Crippen LogP contribution < -0.4 is 39.3 Å². The minimum absolute atomic E-state index is 0.0803. The normalized spacial score (nSPS) is 17.4. The average molecular weight is 514 g/mol. The summed E-state index contributed by atoms with van der Waals surface area (Å²) in [5.41, 5.74) is 26.7. The number of nitrogens with zero attached hydrogens (tertiary/aromatic N) is 2. The van der Waals surface area contributed by atoms with Gasteiger partial charge in [-0.15, -0.1) is 0 Å². The highest BCUT2D eigenvalue weighted by molar-refractivity contribution is 5.96. The highest BCUT2D eigenvalue weighted by Gasteiger charge is 2.38. The number of nitrogens with two attached hydrogens (primary N) is 5. The number of hydrogen-bond acceptors (Lipinski definition) is 8. The van der Waals surface area contributed by atoms with Gasteiger partial charge in [-0.25, -0.2) is 4.79 Å². The molecule has 1 heterocycles. The number of primary amides is 2. The van der Waals surface area contributed by atoms with Crippen molar-refractivity contribution >= 4 is 41.5 Å². The van der Waals surface area contributed by atoms with Crippen LogP contribution in [0.15, 0.2) is 4.99 Å². The summed E-state index contributed by atoms with van der Waals surface area (Å²) >= 11 is 0. The second-order valence-electron chi connectivity index (χ2n) is 8.38. The van der Waals surface area contributed by atoms with Gasteiger partial charge in [0.2, 0.25) is 29.5 Å². The maximum absolute atomic E-state index is 12.9. The monoisotopic (exact) mass is 513 g/mol. The van der Waals surface area contributed by atoms with E-state index in [1.165, 1.54) is 4.90 Å². The largest absolute Gasteiger partial charge is 0.480 e. The molecule has 0 aromatic carbocycles. The van der Waals surface area contributed by atoms with Gasteiger partial charge < -0.3 is 49.3 Å². The highest BCUT2D eigenvalue weighted by Crippen LogP contribution is 2.19. The summed E-state index contributed by atoms with van der Waals surface area (Å²) < 4.78 is 0. The molecule has 0 radical (unpaired) electrons. The summed E-state index contributed by atoms with van der Waals surface area (Å²) in [6.07, 6.45) is 0.288. The lowest BCUT2D eigenvalue weighted by Gasteiger charge is -2.28. The van der Waals surface area contributed by atoms with Gasteiger partial charge >= 0.3 is 5.97 Å². The summed E-state index contributed by atoms with van der Waals surface area (Å²) in [6, 6.07) is -4.84. The zero-order valence-electron chi connectivity index (χ0n) is 19.9. The van der Waals surface area contributed by atoms with E-state index in [0.717, 1.165) is 0 Å². The van der Waals surface area contributed by atoms with Crippen LogP contribution in [0.5, 0.6) is 0 Å². The molecule has 1 aliphatic heterocycles. The van der Waals surface area contributed by atoms with Crippen molar-refractivity contribution in [3.63, 3.8) is 0 Å². The van der Waals surface area contributed by atoms with E-state index >= 15 is 0 Å². The molecule has 0 saturated carbocycles. The summed E-state index contributed by atoms with van der Waals surface area (Å²) in [5.74, 6) is -5.39. The molecule has 0 aromatic heterocycles. The fraction of sp³-hybridized carbons (Fsp3) is 0.650. The minimum Gasteiger partial charge on any atom is -0.480 e. The van der Waals surface area contributed by atoms with Gasteiger partial charge in [0, 0.05) is 19.5 Å². The molecule has 0 aliphatic carbocycles. The quantitative estimate of drug-likeness (QED) is 0.0590. The second-order valence-corrected chi connectivity index (χ2v) is 8.38. The number of guanidine groups is 1. The van der Waals surface area contributed by atoms with Gasteiger partial charge in [0.05, 0.1) is 12.5 Å². The zero-order chi connectivity index (χ0) is 27.4. The minimum atomic E-state index is -1.50. The first-order chi connectivity index (χ1) is 16.8. The van der Waals surface area contributed by atoms with E-state index in [9.17, 15) is 33.9 Å². The molecular formula is C20H35N9O7. The van der Waals surface area contributed by atoms with E-state index in [-0.39, 0.29) is 38.3 Å². The highest BCUT2D eigenvalue weighted by atomic mass is 16.4. The van der Waals surface area contributed by atoms with Crippen LogP contribution in [0.25, 0.3) is 0 Å². The van der Waals surface area contributed by atoms with E-state index in [2.05, 4.69) is 15.6 Å². The SMILES string of the molecule is NC(=O)CCC(NC(=O)C(CC(N)=O)NC(=O)C1CCCN1C(=O)C(N)CCCN=C(N)N)C(=O)O. The van der Waals surface area contributed by atoms with Gasteiger partial charge in [-0.3, -0.25) is 29.0 Å². The number of carbonyl (C=O) groups excluding carboxylic acids is 5. The van der Waals surface area contributed by atoms with E-state index in [0.29, 0.717) is 19.3 Å². The number of nitrogens with one attached hydrogen (secondary N) is 2. The Morgan fingerprint density at radius 1 is 0.972 bits per heavy atom. The van der Waals surface area contributed by atoms with Crippen molar-refractivity contribution in [1.82, 2.24) is 15.5 Å². The second kappa shape index (κ2) is 14.4. The Morgan fingerprint density at radius 3 is 2.19 bits per heavy atom. The van der Waals surface area contributed by atoms with Crippen molar-refractivity contribution in [3.8, 4) is 0 Å². The molecule has 5 amide bonds. The number of aliphatic carboxylic acids is 1. The zero-order valence-corrected chi connectivity index (χ0v) is 19.9. The average Bonchev–Trinajstić information content (AvgIpc) is 3.27. The first-order valence-corrected chi connectivity index (χ1v) is 11.3. The molecular weight excluding hydrogens is 478 g/mol. The number of carboxylic acid groups (broad SMARTS) is 1. The van der Waals surface area contributed by atoms with Crippen LogP contribution in [0.2, 0.25) is 0 Å². The van der Waals surface area contributed by atoms with Gasteiger partial charge in [0.25, 0.3) is 0 Å². The van der Waals surface area contributed by atoms with Crippen molar-refractivity contribution in [2.75, 3.05) is 13.1 Å². The molecule has 4 unspecified atom stereocenters. The fourth-order valence-corrected chi connectivity index (χ4v) is 3.65. The summed E-state index contributed by atoms with van der Waals surface area (Å²) in [7, 11) is 0. The Hall–Kier alpha value is -3.95. The van der Waals surface area contributed by atoms with E-state index < -0.39 is 66.1 Å². The van der Waals surface area contributed by atoms with Crippen molar-refractivity contribution in [2.45, 2.75) is 69.1 Å². The lowest BCUT2D eigenvalue weighted by molar-refractivity contribution is -0.143. The Balaban J connectivity index is 2.85. The molecule has 1 saturated heterocycles. The molecule has 0 bridgehead atoms. The predicted octanol–water partition coefficient (Wildman–Crippen LogP) is -4.45. The number of carbonyl (C=O) groups is 6. The molecule has 1 rings (SSSR count). The maximum Gasteiger partial charge on any atom is 0.326 e. The van der Waals surface area contributed by atoms with Crippen molar-refractivity contribution in [2.24, 2.45) is 33.7 Å². The lowest BCUT2D eigenvalue weighted by Crippen LogP contribution is -2.57. The predicted molar refractivity (Wildman–Crippen MR) is 126 cm³/mol. The van der Waals surface area contributed by atoms with Crippen LogP contribution >= 0.6 is 0 Å². The van der Waals surface area contributed by atoms with Gasteiger partial charge in [-0.05, 0) is 32.1 Å². The van der Waals surface area contributed by atoms with E-state index in [4.69, 9.17) is 28.7 Å². The van der Waals surface area contributed by atoms with Crippen molar-refractivity contribution in [3.05, 3.63) is 0 Å². The Morgan fingerprint density at radius 2 is 1.64 bits per heavy atom. The maximum atomic E-state index is 12.9. The van der Waals surface area contributed by atoms with Crippen LogP contribution in [0.4, 0.5) is 0 Å². The van der Waals surface area contributed by atoms with Gasteiger partial charge in [-0.1, -0.05) is 0 Å². The summed E-state index contributed by atoms with van der Waals surface area (Å²) in [4.78, 5) is 77.4. The molecule has 36 heavy (non-hydrogen) atoms. The first kappa shape index (κ1) is 30.1. The Bertz CT molecular complexity index is 876. The molecule has 16 heteroatoms. The number of amides is 5. The molecule has 1 aliphatic rings. The molecule has 202 valence electrons. The summed E-state index contributed by atoms with van der Waals surface area (Å²) in [5, 5.41) is 13.8. The standard InChI is InChI=1S/C20H35N9O7/c21-10(3-1-7-26-20(24)25)18(34)29-8-2-4-13(29)17(33)28-12(9-15(23)31)16(32)27-11(19(35)36)5-6-14(22)30/h10-13H,1-9,21H2,(H2,22,30)(H2,23,31)(H,27,32)(H,28,33)(H,35,36)(H4,24,25,26). The third-order valence-corrected chi connectivity index (χ3v) is 5.46. The molecule has 0 spiro atoms. The number of carboxylic acids is 1. The molecule has 1 fully saturated rings. The molecule has 0 aromatic rings. The molecule has 4 atom stereocenters. The molecule has 16 nitrogen and oxygen atoms in total. The lowest BCUT2D eigenvalue weighted by atomic mass is 10.1. The third kappa shape index (κ3) is 10.1. The van der Waals surface area contributed by atoms with Crippen LogP contribution in [0, 0.1) is 0 Å².